The summed E-state index contributed by atoms with van der Waals surface area (Å²) in [5.74, 6) is 1.47. The maximum Gasteiger partial charge on any atom is 0.161 e. The molecule has 5 nitrogen and oxygen atoms in total. The molecule has 0 amide bonds. The number of methoxy groups -OCH3 is 2. The molecule has 0 saturated carbocycles. The van der Waals surface area contributed by atoms with Crippen molar-refractivity contribution in [3.05, 3.63) is 30.0 Å². The molecule has 1 aromatic heterocycles. The first-order valence-electron chi connectivity index (χ1n) is 6.65. The molecule has 1 N–H and O–H groups in total. The van der Waals surface area contributed by atoms with Gasteiger partial charge in [0.15, 0.2) is 11.5 Å². The van der Waals surface area contributed by atoms with Crippen LogP contribution in [0, 0.1) is 0 Å². The van der Waals surface area contributed by atoms with E-state index in [0.29, 0.717) is 0 Å². The molecule has 2 rings (SSSR count). The zero-order valence-corrected chi connectivity index (χ0v) is 12.4. The van der Waals surface area contributed by atoms with E-state index >= 15 is 0 Å². The number of aromatic nitrogens is 2. The van der Waals surface area contributed by atoms with Gasteiger partial charge in [-0.3, -0.25) is 4.68 Å². The number of ether oxygens (including phenoxy) is 2. The molecule has 1 heterocycles. The Kier molecular flexibility index (Phi) is 4.63. The minimum Gasteiger partial charge on any atom is -0.493 e. The van der Waals surface area contributed by atoms with E-state index in [1.165, 1.54) is 0 Å². The Morgan fingerprint density at radius 3 is 2.45 bits per heavy atom. The third kappa shape index (κ3) is 2.77. The van der Waals surface area contributed by atoms with Crippen molar-refractivity contribution in [3.63, 3.8) is 0 Å². The largest absolute Gasteiger partial charge is 0.493 e. The smallest absolute Gasteiger partial charge is 0.161 e. The Morgan fingerprint density at radius 1 is 1.20 bits per heavy atom. The van der Waals surface area contributed by atoms with E-state index in [0.717, 1.165) is 41.4 Å². The summed E-state index contributed by atoms with van der Waals surface area (Å²) < 4.78 is 12.6. The molecule has 1 aromatic carbocycles. The normalized spacial score (nSPS) is 10.6. The molecule has 5 heteroatoms. The lowest BCUT2D eigenvalue weighted by Gasteiger charge is -2.15. The van der Waals surface area contributed by atoms with Crippen LogP contribution in [0.3, 0.4) is 0 Å². The number of benzene rings is 1. The first-order valence-corrected chi connectivity index (χ1v) is 6.65. The lowest BCUT2D eigenvalue weighted by atomic mass is 10.0. The van der Waals surface area contributed by atoms with E-state index in [2.05, 4.69) is 17.3 Å². The molecular weight excluding hydrogens is 254 g/mol. The third-order valence-electron chi connectivity index (χ3n) is 3.27. The highest BCUT2D eigenvalue weighted by molar-refractivity contribution is 5.68. The lowest BCUT2D eigenvalue weighted by molar-refractivity contribution is 0.354. The highest BCUT2D eigenvalue weighted by Crippen LogP contribution is 2.35. The number of hydrogen-bond acceptors (Lipinski definition) is 4. The minimum atomic E-state index is 0.726. The fourth-order valence-corrected chi connectivity index (χ4v) is 2.20. The van der Waals surface area contributed by atoms with Crippen LogP contribution < -0.4 is 14.8 Å². The zero-order valence-electron chi connectivity index (χ0n) is 12.4. The van der Waals surface area contributed by atoms with E-state index in [1.807, 2.05) is 29.9 Å². The van der Waals surface area contributed by atoms with Crippen LogP contribution in [-0.4, -0.2) is 30.5 Å². The van der Waals surface area contributed by atoms with Crippen LogP contribution in [0.15, 0.2) is 24.4 Å². The molecule has 0 atom stereocenters. The van der Waals surface area contributed by atoms with Crippen molar-refractivity contribution in [2.24, 2.45) is 7.05 Å². The van der Waals surface area contributed by atoms with Gasteiger partial charge in [-0.2, -0.15) is 5.10 Å². The lowest BCUT2D eigenvalue weighted by Crippen LogP contribution is -2.13. The van der Waals surface area contributed by atoms with Gasteiger partial charge in [0.2, 0.25) is 0 Å². The monoisotopic (exact) mass is 275 g/mol. The van der Waals surface area contributed by atoms with Crippen molar-refractivity contribution < 1.29 is 9.47 Å². The molecular formula is C15H21N3O2. The quantitative estimate of drug-likeness (QED) is 0.878. The third-order valence-corrected chi connectivity index (χ3v) is 3.27. The molecule has 0 aliphatic rings. The van der Waals surface area contributed by atoms with Crippen molar-refractivity contribution in [2.45, 2.75) is 13.5 Å². The molecule has 108 valence electrons. The van der Waals surface area contributed by atoms with Crippen molar-refractivity contribution in [1.29, 1.82) is 0 Å². The summed E-state index contributed by atoms with van der Waals surface area (Å²) in [6.45, 7) is 3.78. The Hall–Kier alpha value is -2.01. The topological polar surface area (TPSA) is 48.3 Å². The van der Waals surface area contributed by atoms with E-state index in [1.54, 1.807) is 20.4 Å². The van der Waals surface area contributed by atoms with Gasteiger partial charge in [0.1, 0.15) is 0 Å². The van der Waals surface area contributed by atoms with Gasteiger partial charge in [0, 0.05) is 25.4 Å². The molecule has 20 heavy (non-hydrogen) atoms. The summed E-state index contributed by atoms with van der Waals surface area (Å²) in [4.78, 5) is 0. The van der Waals surface area contributed by atoms with E-state index in [4.69, 9.17) is 9.47 Å². The summed E-state index contributed by atoms with van der Waals surface area (Å²) in [5.41, 5.74) is 3.32. The molecule has 2 aromatic rings. The summed E-state index contributed by atoms with van der Waals surface area (Å²) >= 11 is 0. The Morgan fingerprint density at radius 2 is 1.90 bits per heavy atom. The summed E-state index contributed by atoms with van der Waals surface area (Å²) in [5, 5.41) is 7.59. The number of aryl methyl sites for hydroxylation is 1. The number of hydrogen-bond donors (Lipinski definition) is 1. The summed E-state index contributed by atoms with van der Waals surface area (Å²) in [6, 6.07) is 6.02. The highest BCUT2D eigenvalue weighted by atomic mass is 16.5. The Bertz CT molecular complexity index is 578. The Labute approximate surface area is 119 Å². The maximum atomic E-state index is 5.40. The minimum absolute atomic E-state index is 0.726. The van der Waals surface area contributed by atoms with Crippen LogP contribution in [0.5, 0.6) is 11.5 Å². The summed E-state index contributed by atoms with van der Waals surface area (Å²) in [6.07, 6.45) is 1.79. The second-order valence-electron chi connectivity index (χ2n) is 4.48. The first-order chi connectivity index (χ1) is 9.71. The van der Waals surface area contributed by atoms with E-state index in [-0.39, 0.29) is 0 Å². The van der Waals surface area contributed by atoms with Gasteiger partial charge in [-0.15, -0.1) is 0 Å². The SMILES string of the molecule is CCNCc1cc(OC)c(OC)cc1-c1ccnn1C. The van der Waals surface area contributed by atoms with Crippen molar-refractivity contribution in [1.82, 2.24) is 15.1 Å². The molecule has 0 radical (unpaired) electrons. The Balaban J connectivity index is 2.54. The fraction of sp³-hybridized carbons (Fsp3) is 0.400. The highest BCUT2D eigenvalue weighted by Gasteiger charge is 2.14. The van der Waals surface area contributed by atoms with Gasteiger partial charge >= 0.3 is 0 Å². The molecule has 0 spiro atoms. The predicted molar refractivity (Wildman–Crippen MR) is 79.1 cm³/mol. The number of nitrogens with zero attached hydrogens (tertiary/aromatic N) is 2. The summed E-state index contributed by atoms with van der Waals surface area (Å²) in [7, 11) is 5.23. The van der Waals surface area contributed by atoms with Crippen LogP contribution in [0.25, 0.3) is 11.3 Å². The van der Waals surface area contributed by atoms with Gasteiger partial charge in [-0.25, -0.2) is 0 Å². The molecule has 0 aliphatic heterocycles. The predicted octanol–water partition coefficient (Wildman–Crippen LogP) is 2.21. The zero-order chi connectivity index (χ0) is 14.5. The average Bonchev–Trinajstić information content (AvgIpc) is 2.90. The van der Waals surface area contributed by atoms with Crippen LogP contribution in [0.1, 0.15) is 12.5 Å². The first kappa shape index (κ1) is 14.4. The van der Waals surface area contributed by atoms with Crippen molar-refractivity contribution in [2.75, 3.05) is 20.8 Å². The molecule has 0 unspecified atom stereocenters. The molecule has 0 bridgehead atoms. The van der Waals surface area contributed by atoms with E-state index < -0.39 is 0 Å². The van der Waals surface area contributed by atoms with Gasteiger partial charge in [-0.1, -0.05) is 6.92 Å². The molecule has 0 saturated heterocycles. The fourth-order valence-electron chi connectivity index (χ4n) is 2.20. The van der Waals surface area contributed by atoms with Crippen LogP contribution in [0.2, 0.25) is 0 Å². The second kappa shape index (κ2) is 6.43. The number of rotatable bonds is 6. The van der Waals surface area contributed by atoms with Crippen LogP contribution >= 0.6 is 0 Å². The second-order valence-corrected chi connectivity index (χ2v) is 4.48. The van der Waals surface area contributed by atoms with Crippen molar-refractivity contribution >= 4 is 0 Å². The molecule has 0 aliphatic carbocycles. The number of nitrogens with one attached hydrogen (secondary N) is 1. The standard InChI is InChI=1S/C15H21N3O2/c1-5-16-10-11-8-14(19-3)15(20-4)9-12(11)13-6-7-17-18(13)2/h6-9,16H,5,10H2,1-4H3. The van der Waals surface area contributed by atoms with Crippen LogP contribution in [0.4, 0.5) is 0 Å². The molecule has 0 fully saturated rings. The van der Waals surface area contributed by atoms with Gasteiger partial charge in [-0.05, 0) is 30.3 Å². The van der Waals surface area contributed by atoms with Gasteiger partial charge < -0.3 is 14.8 Å². The van der Waals surface area contributed by atoms with Gasteiger partial charge in [0.05, 0.1) is 19.9 Å². The maximum absolute atomic E-state index is 5.40. The van der Waals surface area contributed by atoms with Crippen LogP contribution in [-0.2, 0) is 13.6 Å². The average molecular weight is 275 g/mol. The van der Waals surface area contributed by atoms with Gasteiger partial charge in [0.25, 0.3) is 0 Å². The van der Waals surface area contributed by atoms with E-state index in [9.17, 15) is 0 Å². The van der Waals surface area contributed by atoms with Crippen molar-refractivity contribution in [3.8, 4) is 22.8 Å².